The molecule has 3 N–H and O–H groups in total. The molecule has 11 heteroatoms. The third-order valence-corrected chi connectivity index (χ3v) is 5.26. The number of aromatic nitrogens is 1. The number of pyridine rings is 1. The average Bonchev–Trinajstić information content (AvgIpc) is 2.74. The Morgan fingerprint density at radius 1 is 1.14 bits per heavy atom. The number of nitrogens with one attached hydrogen (secondary N) is 1. The van der Waals surface area contributed by atoms with E-state index >= 15 is 0 Å². The smallest absolute Gasteiger partial charge is 0.359 e. The molecule has 29 heavy (non-hydrogen) atoms. The first-order chi connectivity index (χ1) is 13.9. The molecule has 0 saturated carbocycles. The summed E-state index contributed by atoms with van der Waals surface area (Å²) in [5, 5.41) is 2.20. The summed E-state index contributed by atoms with van der Waals surface area (Å²) in [6, 6.07) is 7.33. The van der Waals surface area contributed by atoms with E-state index in [1.54, 1.807) is 12.1 Å². The maximum absolute atomic E-state index is 12.1. The quantitative estimate of drug-likeness (QED) is 0.522. The van der Waals surface area contributed by atoms with Crippen LogP contribution in [0.2, 0.25) is 15.2 Å². The fourth-order valence-corrected chi connectivity index (χ4v) is 3.23. The van der Waals surface area contributed by atoms with Crippen molar-refractivity contribution in [1.82, 2.24) is 4.98 Å². The van der Waals surface area contributed by atoms with Crippen molar-refractivity contribution in [3.05, 3.63) is 45.2 Å². The Morgan fingerprint density at radius 3 is 2.45 bits per heavy atom. The summed E-state index contributed by atoms with van der Waals surface area (Å²) in [4.78, 5) is 30.1. The van der Waals surface area contributed by atoms with E-state index in [0.29, 0.717) is 18.9 Å². The first-order valence-corrected chi connectivity index (χ1v) is 9.70. The number of anilines is 3. The number of nitrogen functional groups attached to an aromatic ring is 1. The van der Waals surface area contributed by atoms with Crippen LogP contribution < -0.4 is 16.0 Å². The van der Waals surface area contributed by atoms with Crippen molar-refractivity contribution in [1.29, 1.82) is 0 Å². The van der Waals surface area contributed by atoms with Crippen LogP contribution in [0.25, 0.3) is 0 Å². The van der Waals surface area contributed by atoms with E-state index in [4.69, 9.17) is 50.0 Å². The minimum atomic E-state index is -0.946. The maximum Gasteiger partial charge on any atom is 0.359 e. The lowest BCUT2D eigenvalue weighted by Gasteiger charge is -2.28. The minimum Gasteiger partial charge on any atom is -0.451 e. The normalized spacial score (nSPS) is 13.8. The highest BCUT2D eigenvalue weighted by atomic mass is 35.5. The number of amides is 1. The molecule has 0 bridgehead atoms. The zero-order valence-electron chi connectivity index (χ0n) is 15.1. The molecule has 0 radical (unpaired) electrons. The number of carbonyl (C=O) groups is 2. The van der Waals surface area contributed by atoms with Crippen LogP contribution in [0.4, 0.5) is 17.1 Å². The lowest BCUT2D eigenvalue weighted by atomic mass is 10.2. The maximum atomic E-state index is 12.1. The highest BCUT2D eigenvalue weighted by Crippen LogP contribution is 2.34. The van der Waals surface area contributed by atoms with E-state index < -0.39 is 18.5 Å². The molecule has 1 aromatic carbocycles. The Kier molecular flexibility index (Phi) is 7.02. The van der Waals surface area contributed by atoms with E-state index in [1.165, 1.54) is 0 Å². The largest absolute Gasteiger partial charge is 0.451 e. The highest BCUT2D eigenvalue weighted by molar-refractivity contribution is 6.46. The SMILES string of the molecule is Nc1c(Cl)c(Cl)nc(C(=O)OCC(=O)Nc2ccc(N3CCOCC3)cc2)c1Cl. The second-order valence-electron chi connectivity index (χ2n) is 6.06. The van der Waals surface area contributed by atoms with E-state index in [9.17, 15) is 9.59 Å². The van der Waals surface area contributed by atoms with Crippen molar-refractivity contribution in [3.8, 4) is 0 Å². The number of hydrogen-bond donors (Lipinski definition) is 2. The number of esters is 1. The van der Waals surface area contributed by atoms with Crippen LogP contribution >= 0.6 is 34.8 Å². The van der Waals surface area contributed by atoms with Crippen LogP contribution in [0.15, 0.2) is 24.3 Å². The predicted octanol–water partition coefficient (Wildman–Crippen LogP) is 3.26. The number of nitrogens with zero attached hydrogens (tertiary/aromatic N) is 2. The fraction of sp³-hybridized carbons (Fsp3) is 0.278. The number of hydrogen-bond acceptors (Lipinski definition) is 7. The van der Waals surface area contributed by atoms with Gasteiger partial charge in [0.1, 0.15) is 5.02 Å². The number of benzene rings is 1. The minimum absolute atomic E-state index is 0.0634. The van der Waals surface area contributed by atoms with E-state index in [2.05, 4.69) is 15.2 Å². The van der Waals surface area contributed by atoms with Crippen LogP contribution in [0, 0.1) is 0 Å². The summed E-state index contributed by atoms with van der Waals surface area (Å²) in [5.41, 5.74) is 6.85. The van der Waals surface area contributed by atoms with Crippen molar-refractivity contribution in [2.45, 2.75) is 0 Å². The molecule has 2 aromatic rings. The van der Waals surface area contributed by atoms with Crippen molar-refractivity contribution < 1.29 is 19.1 Å². The zero-order chi connectivity index (χ0) is 21.0. The molecule has 1 aliphatic heterocycles. The average molecular weight is 460 g/mol. The van der Waals surface area contributed by atoms with Crippen molar-refractivity contribution in [3.63, 3.8) is 0 Å². The summed E-state index contributed by atoms with van der Waals surface area (Å²) < 4.78 is 10.3. The van der Waals surface area contributed by atoms with Gasteiger partial charge in [-0.3, -0.25) is 4.79 Å². The lowest BCUT2D eigenvalue weighted by molar-refractivity contribution is -0.119. The Labute approximate surface area is 181 Å². The second-order valence-corrected chi connectivity index (χ2v) is 7.18. The molecule has 0 atom stereocenters. The number of halogens is 3. The van der Waals surface area contributed by atoms with Crippen molar-refractivity contribution >= 4 is 63.7 Å². The summed E-state index contributed by atoms with van der Waals surface area (Å²) >= 11 is 17.5. The molecule has 3 rings (SSSR count). The van der Waals surface area contributed by atoms with E-state index in [0.717, 1.165) is 18.8 Å². The van der Waals surface area contributed by atoms with Gasteiger partial charge in [-0.15, -0.1) is 0 Å². The topological polar surface area (TPSA) is 107 Å². The van der Waals surface area contributed by atoms with Gasteiger partial charge in [0.05, 0.1) is 23.9 Å². The van der Waals surface area contributed by atoms with Gasteiger partial charge >= 0.3 is 5.97 Å². The number of ether oxygens (including phenoxy) is 2. The van der Waals surface area contributed by atoms with Gasteiger partial charge in [-0.25, -0.2) is 9.78 Å². The molecule has 2 heterocycles. The summed E-state index contributed by atoms with van der Waals surface area (Å²) in [7, 11) is 0. The predicted molar refractivity (Wildman–Crippen MR) is 112 cm³/mol. The number of nitrogens with two attached hydrogens (primary N) is 1. The van der Waals surface area contributed by atoms with Gasteiger partial charge in [-0.1, -0.05) is 34.8 Å². The molecule has 154 valence electrons. The fourth-order valence-electron chi connectivity index (χ4n) is 2.64. The Morgan fingerprint density at radius 2 is 1.79 bits per heavy atom. The van der Waals surface area contributed by atoms with Crippen LogP contribution in [0.3, 0.4) is 0 Å². The number of carbonyl (C=O) groups excluding carboxylic acids is 2. The molecule has 8 nitrogen and oxygen atoms in total. The highest BCUT2D eigenvalue weighted by Gasteiger charge is 2.21. The Bertz CT molecular complexity index is 918. The Hall–Kier alpha value is -2.26. The van der Waals surface area contributed by atoms with Gasteiger partial charge < -0.3 is 25.4 Å². The van der Waals surface area contributed by atoms with Gasteiger partial charge in [0, 0.05) is 24.5 Å². The lowest BCUT2D eigenvalue weighted by Crippen LogP contribution is -2.36. The first kappa shape index (κ1) is 21.4. The third kappa shape index (κ3) is 5.22. The van der Waals surface area contributed by atoms with Crippen molar-refractivity contribution in [2.24, 2.45) is 0 Å². The molecular formula is C18H17Cl3N4O4. The van der Waals surface area contributed by atoms with E-state index in [-0.39, 0.29) is 26.6 Å². The van der Waals surface area contributed by atoms with Gasteiger partial charge in [0.15, 0.2) is 17.5 Å². The van der Waals surface area contributed by atoms with Crippen LogP contribution in [-0.2, 0) is 14.3 Å². The number of rotatable bonds is 5. The van der Waals surface area contributed by atoms with E-state index in [1.807, 2.05) is 12.1 Å². The molecule has 1 amide bonds. The summed E-state index contributed by atoms with van der Waals surface area (Å²) in [6.45, 7) is 2.47. The molecule has 1 fully saturated rings. The van der Waals surface area contributed by atoms with Gasteiger partial charge in [-0.2, -0.15) is 0 Å². The first-order valence-electron chi connectivity index (χ1n) is 8.56. The standard InChI is InChI=1S/C18H17Cl3N4O4/c19-13-15(22)14(20)17(21)24-16(13)18(27)29-9-12(26)23-10-1-3-11(4-2-10)25-5-7-28-8-6-25/h1-4H,5-9H2,(H2,22,24)(H,23,26). The zero-order valence-corrected chi connectivity index (χ0v) is 17.4. The van der Waals surface area contributed by atoms with Gasteiger partial charge in [0.2, 0.25) is 0 Å². The van der Waals surface area contributed by atoms with Crippen LogP contribution in [0.1, 0.15) is 10.5 Å². The van der Waals surface area contributed by atoms with Gasteiger partial charge in [0.25, 0.3) is 5.91 Å². The second kappa shape index (κ2) is 9.49. The number of morpholine rings is 1. The molecule has 0 unspecified atom stereocenters. The van der Waals surface area contributed by atoms with Gasteiger partial charge in [-0.05, 0) is 24.3 Å². The van der Waals surface area contributed by atoms with Crippen molar-refractivity contribution in [2.75, 3.05) is 48.9 Å². The molecule has 1 aliphatic rings. The molecule has 0 aliphatic carbocycles. The van der Waals surface area contributed by atoms with Crippen LogP contribution in [-0.4, -0.2) is 49.8 Å². The molecule has 0 spiro atoms. The monoisotopic (exact) mass is 458 g/mol. The summed E-state index contributed by atoms with van der Waals surface area (Å²) in [5.74, 6) is -1.47. The molecule has 1 saturated heterocycles. The third-order valence-electron chi connectivity index (χ3n) is 4.13. The summed E-state index contributed by atoms with van der Waals surface area (Å²) in [6.07, 6.45) is 0. The van der Waals surface area contributed by atoms with Crippen LogP contribution in [0.5, 0.6) is 0 Å². The Balaban J connectivity index is 1.55. The molecular weight excluding hydrogens is 443 g/mol. The molecule has 1 aromatic heterocycles.